The zero-order valence-electron chi connectivity index (χ0n) is 10.7. The summed E-state index contributed by atoms with van der Waals surface area (Å²) >= 11 is 6.14. The van der Waals surface area contributed by atoms with Crippen LogP contribution >= 0.6 is 11.6 Å². The minimum absolute atomic E-state index is 0.658. The molecule has 0 saturated carbocycles. The standard InChI is InChI=1S/C15H13ClN2O/c1-9-8-10(19-2)6-7-11(9)14-12-4-3-5-13(16)15(12)18-17-14/h3-8H,1-2H3,(H,17,18). The van der Waals surface area contributed by atoms with Crippen molar-refractivity contribution in [3.8, 4) is 17.0 Å². The Labute approximate surface area is 116 Å². The third-order valence-corrected chi connectivity index (χ3v) is 3.54. The van der Waals surface area contributed by atoms with E-state index in [1.165, 1.54) is 0 Å². The van der Waals surface area contributed by atoms with Gasteiger partial charge in [0.05, 0.1) is 17.8 Å². The number of ether oxygens (including phenoxy) is 1. The number of H-pyrrole nitrogens is 1. The maximum absolute atomic E-state index is 6.14. The summed E-state index contributed by atoms with van der Waals surface area (Å²) in [5.41, 5.74) is 4.02. The Balaban J connectivity index is 2.22. The molecule has 3 rings (SSSR count). The van der Waals surface area contributed by atoms with Crippen LogP contribution in [-0.4, -0.2) is 17.3 Å². The Morgan fingerprint density at radius 3 is 2.79 bits per heavy atom. The molecule has 4 heteroatoms. The quantitative estimate of drug-likeness (QED) is 0.759. The Kier molecular flexibility index (Phi) is 2.91. The number of aryl methyl sites for hydroxylation is 1. The van der Waals surface area contributed by atoms with E-state index in [2.05, 4.69) is 17.1 Å². The second kappa shape index (κ2) is 4.59. The maximum Gasteiger partial charge on any atom is 0.119 e. The summed E-state index contributed by atoms with van der Waals surface area (Å²) in [4.78, 5) is 0. The summed E-state index contributed by atoms with van der Waals surface area (Å²) in [7, 11) is 1.67. The topological polar surface area (TPSA) is 37.9 Å². The number of aromatic nitrogens is 2. The van der Waals surface area contributed by atoms with Gasteiger partial charge in [-0.3, -0.25) is 5.10 Å². The highest BCUT2D eigenvalue weighted by molar-refractivity contribution is 6.35. The van der Waals surface area contributed by atoms with Gasteiger partial charge in [0.2, 0.25) is 0 Å². The molecule has 0 unspecified atom stereocenters. The first-order valence-electron chi connectivity index (χ1n) is 5.98. The zero-order chi connectivity index (χ0) is 13.4. The molecule has 0 aliphatic rings. The highest BCUT2D eigenvalue weighted by atomic mass is 35.5. The summed E-state index contributed by atoms with van der Waals surface area (Å²) < 4.78 is 5.23. The lowest BCUT2D eigenvalue weighted by atomic mass is 10.0. The van der Waals surface area contributed by atoms with E-state index < -0.39 is 0 Å². The molecule has 1 heterocycles. The molecule has 0 aliphatic heterocycles. The van der Waals surface area contributed by atoms with Crippen LogP contribution in [0.1, 0.15) is 5.56 Å². The number of rotatable bonds is 2. The van der Waals surface area contributed by atoms with Gasteiger partial charge < -0.3 is 4.74 Å². The molecular weight excluding hydrogens is 260 g/mol. The van der Waals surface area contributed by atoms with E-state index in [0.717, 1.165) is 33.5 Å². The van der Waals surface area contributed by atoms with Crippen LogP contribution in [0.4, 0.5) is 0 Å². The number of hydrogen-bond donors (Lipinski definition) is 1. The predicted octanol–water partition coefficient (Wildman–Crippen LogP) is 4.20. The van der Waals surface area contributed by atoms with Gasteiger partial charge >= 0.3 is 0 Å². The van der Waals surface area contributed by atoms with E-state index in [-0.39, 0.29) is 0 Å². The molecule has 3 aromatic rings. The average molecular weight is 273 g/mol. The van der Waals surface area contributed by atoms with Gasteiger partial charge in [0.25, 0.3) is 0 Å². The summed E-state index contributed by atoms with van der Waals surface area (Å²) in [6.07, 6.45) is 0. The van der Waals surface area contributed by atoms with Crippen molar-refractivity contribution in [3.05, 3.63) is 47.0 Å². The SMILES string of the molecule is COc1ccc(-c2[nH]nc3c(Cl)cccc23)c(C)c1. The van der Waals surface area contributed by atoms with Gasteiger partial charge in [-0.1, -0.05) is 23.7 Å². The fourth-order valence-corrected chi connectivity index (χ4v) is 2.47. The van der Waals surface area contributed by atoms with E-state index >= 15 is 0 Å². The molecule has 0 fully saturated rings. The molecule has 1 aromatic heterocycles. The van der Waals surface area contributed by atoms with Gasteiger partial charge in [-0.25, -0.2) is 0 Å². The van der Waals surface area contributed by atoms with Crippen molar-refractivity contribution in [1.82, 2.24) is 10.2 Å². The fourth-order valence-electron chi connectivity index (χ4n) is 2.25. The van der Waals surface area contributed by atoms with Crippen LogP contribution in [0, 0.1) is 6.92 Å². The van der Waals surface area contributed by atoms with Gasteiger partial charge in [0, 0.05) is 10.9 Å². The second-order valence-electron chi connectivity index (χ2n) is 4.42. The smallest absolute Gasteiger partial charge is 0.119 e. The Morgan fingerprint density at radius 1 is 1.21 bits per heavy atom. The molecule has 0 amide bonds. The largest absolute Gasteiger partial charge is 0.497 e. The highest BCUT2D eigenvalue weighted by Gasteiger charge is 2.12. The molecule has 0 saturated heterocycles. The van der Waals surface area contributed by atoms with Gasteiger partial charge in [0.1, 0.15) is 11.3 Å². The highest BCUT2D eigenvalue weighted by Crippen LogP contribution is 2.32. The summed E-state index contributed by atoms with van der Waals surface area (Å²) in [6.45, 7) is 2.05. The molecule has 3 nitrogen and oxygen atoms in total. The Hall–Kier alpha value is -2.00. The lowest BCUT2D eigenvalue weighted by Gasteiger charge is -2.06. The normalized spacial score (nSPS) is 10.9. The van der Waals surface area contributed by atoms with Gasteiger partial charge in [-0.05, 0) is 36.8 Å². The van der Waals surface area contributed by atoms with E-state index in [9.17, 15) is 0 Å². The van der Waals surface area contributed by atoms with Gasteiger partial charge in [-0.2, -0.15) is 5.10 Å². The van der Waals surface area contributed by atoms with E-state index in [4.69, 9.17) is 16.3 Å². The number of benzene rings is 2. The molecule has 0 atom stereocenters. The van der Waals surface area contributed by atoms with Crippen molar-refractivity contribution in [2.24, 2.45) is 0 Å². The number of aromatic amines is 1. The Morgan fingerprint density at radius 2 is 2.05 bits per heavy atom. The summed E-state index contributed by atoms with van der Waals surface area (Å²) in [5, 5.41) is 9.05. The minimum atomic E-state index is 0.658. The van der Waals surface area contributed by atoms with Crippen molar-refractivity contribution < 1.29 is 4.74 Å². The first kappa shape index (κ1) is 12.1. The third-order valence-electron chi connectivity index (χ3n) is 3.24. The van der Waals surface area contributed by atoms with Crippen LogP contribution in [0.2, 0.25) is 5.02 Å². The molecular formula is C15H13ClN2O. The molecule has 19 heavy (non-hydrogen) atoms. The van der Waals surface area contributed by atoms with Crippen molar-refractivity contribution in [2.75, 3.05) is 7.11 Å². The van der Waals surface area contributed by atoms with E-state index in [1.807, 2.05) is 36.4 Å². The number of nitrogens with one attached hydrogen (secondary N) is 1. The van der Waals surface area contributed by atoms with Crippen LogP contribution in [0.5, 0.6) is 5.75 Å². The lowest BCUT2D eigenvalue weighted by molar-refractivity contribution is 0.414. The molecule has 0 radical (unpaired) electrons. The first-order valence-corrected chi connectivity index (χ1v) is 6.36. The lowest BCUT2D eigenvalue weighted by Crippen LogP contribution is -1.88. The van der Waals surface area contributed by atoms with Gasteiger partial charge in [0.15, 0.2) is 0 Å². The third kappa shape index (κ3) is 1.96. The number of hydrogen-bond acceptors (Lipinski definition) is 2. The number of para-hydroxylation sites is 1. The number of methoxy groups -OCH3 is 1. The summed E-state index contributed by atoms with van der Waals surface area (Å²) in [5.74, 6) is 0.850. The number of nitrogens with zero attached hydrogens (tertiary/aromatic N) is 1. The number of fused-ring (bicyclic) bond motifs is 1. The number of halogens is 1. The van der Waals surface area contributed by atoms with Gasteiger partial charge in [-0.15, -0.1) is 0 Å². The van der Waals surface area contributed by atoms with Crippen molar-refractivity contribution in [2.45, 2.75) is 6.92 Å². The van der Waals surface area contributed by atoms with Crippen LogP contribution in [0.3, 0.4) is 0 Å². The maximum atomic E-state index is 6.14. The van der Waals surface area contributed by atoms with Crippen LogP contribution in [0.15, 0.2) is 36.4 Å². The second-order valence-corrected chi connectivity index (χ2v) is 4.82. The molecule has 0 spiro atoms. The predicted molar refractivity (Wildman–Crippen MR) is 77.8 cm³/mol. The van der Waals surface area contributed by atoms with E-state index in [1.54, 1.807) is 7.11 Å². The molecule has 1 N–H and O–H groups in total. The monoisotopic (exact) mass is 272 g/mol. The van der Waals surface area contributed by atoms with Crippen LogP contribution in [-0.2, 0) is 0 Å². The van der Waals surface area contributed by atoms with Crippen LogP contribution in [0.25, 0.3) is 22.2 Å². The van der Waals surface area contributed by atoms with Crippen molar-refractivity contribution in [3.63, 3.8) is 0 Å². The van der Waals surface area contributed by atoms with E-state index in [0.29, 0.717) is 5.02 Å². The Bertz CT molecular complexity index is 749. The minimum Gasteiger partial charge on any atom is -0.497 e. The first-order chi connectivity index (χ1) is 9.20. The summed E-state index contributed by atoms with van der Waals surface area (Å²) in [6, 6.07) is 11.8. The van der Waals surface area contributed by atoms with Crippen molar-refractivity contribution >= 4 is 22.5 Å². The fraction of sp³-hybridized carbons (Fsp3) is 0.133. The molecule has 0 aliphatic carbocycles. The molecule has 0 bridgehead atoms. The molecule has 96 valence electrons. The van der Waals surface area contributed by atoms with Crippen LogP contribution < -0.4 is 4.74 Å². The van der Waals surface area contributed by atoms with Crippen molar-refractivity contribution in [1.29, 1.82) is 0 Å². The average Bonchev–Trinajstić information content (AvgIpc) is 2.84. The zero-order valence-corrected chi connectivity index (χ0v) is 11.5. The molecule has 2 aromatic carbocycles.